The zero-order chi connectivity index (χ0) is 62.4. The summed E-state index contributed by atoms with van der Waals surface area (Å²) < 4.78 is 135. The van der Waals surface area contributed by atoms with Gasteiger partial charge in [0, 0.05) is 23.6 Å². The first-order valence-electron chi connectivity index (χ1n) is 24.9. The summed E-state index contributed by atoms with van der Waals surface area (Å²) in [5.74, 6) is -3.46. The Bertz CT molecular complexity index is 4420. The van der Waals surface area contributed by atoms with Gasteiger partial charge in [-0.05, 0) is 132 Å². The number of aryl methyl sites for hydroxylation is 4. The molecule has 0 aliphatic rings. The highest BCUT2D eigenvalue weighted by Gasteiger charge is 2.29. The number of phenols is 2. The van der Waals surface area contributed by atoms with Gasteiger partial charge in [-0.3, -0.25) is 37.5 Å². The average Bonchev–Trinajstić information content (AvgIpc) is 1.26. The zero-order valence-corrected chi connectivity index (χ0v) is 48.3. The first kappa shape index (κ1) is 62.1. The molecule has 85 heavy (non-hydrogen) atoms. The third kappa shape index (κ3) is 13.7. The molecule has 0 aromatic heterocycles. The van der Waals surface area contributed by atoms with Crippen LogP contribution in [0.25, 0.3) is 43.8 Å². The highest BCUT2D eigenvalue weighted by Crippen LogP contribution is 2.46. The fourth-order valence-electron chi connectivity index (χ4n) is 9.58. The van der Waals surface area contributed by atoms with Gasteiger partial charge in [0.25, 0.3) is 40.5 Å². The molecule has 0 unspecified atom stereocenters. The minimum absolute atomic E-state index is 0.0604. The Kier molecular flexibility index (Phi) is 17.3. The number of anilines is 2. The van der Waals surface area contributed by atoms with Crippen LogP contribution >= 0.6 is 0 Å². The van der Waals surface area contributed by atoms with E-state index in [1.165, 1.54) is 17.0 Å². The number of nitrogens with two attached hydrogens (primary N) is 2. The third-order valence-corrected chi connectivity index (χ3v) is 17.3. The van der Waals surface area contributed by atoms with Crippen LogP contribution in [-0.4, -0.2) is 109 Å². The van der Waals surface area contributed by atoms with Crippen LogP contribution in [0.5, 0.6) is 11.5 Å². The van der Waals surface area contributed by atoms with Gasteiger partial charge < -0.3 is 26.8 Å². The smallest absolute Gasteiger partial charge is 0.317 e. The normalized spacial score (nSPS) is 12.5. The first-order valence-corrected chi connectivity index (χ1v) is 30.6. The number of phenolic OH excluding ortho intramolecular Hbond substituents is 2. The van der Waals surface area contributed by atoms with Crippen LogP contribution in [0, 0.1) is 27.7 Å². The predicted molar refractivity (Wildman–Crippen MR) is 312 cm³/mol. The maximum Gasteiger partial charge on any atom is 0.317 e. The summed E-state index contributed by atoms with van der Waals surface area (Å²) in [7, 11) is -20.4. The number of nitrogen functional groups attached to an aromatic ring is 2. The van der Waals surface area contributed by atoms with Crippen LogP contribution in [0.3, 0.4) is 0 Å². The number of carboxylic acid groups (broad SMARTS) is 1. The predicted octanol–water partition coefficient (Wildman–Crippen LogP) is 9.26. The number of aromatic hydroxyl groups is 2. The van der Waals surface area contributed by atoms with Gasteiger partial charge in [0.15, 0.2) is 23.1 Å². The molecule has 0 aliphatic carbocycles. The molecule has 25 nitrogen and oxygen atoms in total. The van der Waals surface area contributed by atoms with Gasteiger partial charge in [0.2, 0.25) is 0 Å². The molecule has 8 aromatic carbocycles. The molecular formula is C56H51N7O18S4. The number of rotatable bonds is 20. The zero-order valence-electron chi connectivity index (χ0n) is 45.1. The van der Waals surface area contributed by atoms with Crippen LogP contribution in [0.1, 0.15) is 33.4 Å². The van der Waals surface area contributed by atoms with E-state index >= 15 is 0 Å². The molecular weight excluding hydrogens is 1190 g/mol. The maximum absolute atomic E-state index is 13.5. The van der Waals surface area contributed by atoms with Gasteiger partial charge >= 0.3 is 5.97 Å². The average molecular weight is 1240 g/mol. The van der Waals surface area contributed by atoms with Crippen LogP contribution in [0.2, 0.25) is 0 Å². The summed E-state index contributed by atoms with van der Waals surface area (Å²) in [6, 6.07) is 26.7. The number of fused-ring (bicyclic) bond motifs is 2. The van der Waals surface area contributed by atoms with Gasteiger partial charge in [0.05, 0.1) is 53.2 Å². The molecule has 29 heteroatoms. The summed E-state index contributed by atoms with van der Waals surface area (Å²) >= 11 is 0. The van der Waals surface area contributed by atoms with E-state index in [0.717, 1.165) is 45.5 Å². The summed E-state index contributed by atoms with van der Waals surface area (Å²) in [4.78, 5) is 36.2. The highest BCUT2D eigenvalue weighted by molar-refractivity contribution is 7.87. The van der Waals surface area contributed by atoms with Crippen molar-refractivity contribution in [3.8, 4) is 33.8 Å². The fourth-order valence-corrected chi connectivity index (χ4v) is 12.5. The Hall–Kier alpha value is -8.91. The number of hydrogen-bond acceptors (Lipinski definition) is 20. The number of carbonyl (C=O) groups is 3. The van der Waals surface area contributed by atoms with E-state index < -0.39 is 106 Å². The van der Waals surface area contributed by atoms with Crippen molar-refractivity contribution in [2.45, 2.75) is 60.1 Å². The second-order valence-electron chi connectivity index (χ2n) is 19.8. The number of benzene rings is 8. The quantitative estimate of drug-likeness (QED) is 0.0195. The Morgan fingerprint density at radius 3 is 1.04 bits per heavy atom. The van der Waals surface area contributed by atoms with E-state index in [2.05, 4.69) is 20.5 Å². The fraction of sp³-hybridized carbons (Fsp3) is 0.161. The van der Waals surface area contributed by atoms with Gasteiger partial charge in [-0.2, -0.15) is 43.9 Å². The van der Waals surface area contributed by atoms with E-state index in [4.69, 9.17) is 11.5 Å². The molecule has 0 heterocycles. The Morgan fingerprint density at radius 1 is 0.424 bits per heavy atom. The minimum Gasteiger partial charge on any atom is -0.505 e. The largest absolute Gasteiger partial charge is 0.505 e. The van der Waals surface area contributed by atoms with Crippen molar-refractivity contribution in [2.24, 2.45) is 20.5 Å². The maximum atomic E-state index is 13.5. The molecule has 0 radical (unpaired) electrons. The van der Waals surface area contributed by atoms with Crippen LogP contribution < -0.4 is 11.5 Å². The van der Waals surface area contributed by atoms with E-state index in [-0.39, 0.29) is 59.6 Å². The molecule has 8 rings (SSSR count). The lowest BCUT2D eigenvalue weighted by molar-refractivity contribution is -0.139. The molecule has 0 bridgehead atoms. The minimum atomic E-state index is -5.11. The summed E-state index contributed by atoms with van der Waals surface area (Å²) in [5.41, 5.74) is 17.8. The lowest BCUT2D eigenvalue weighted by Gasteiger charge is -2.19. The number of carbonyl (C=O) groups excluding carboxylic acids is 2. The van der Waals surface area contributed by atoms with E-state index in [1.54, 1.807) is 74.5 Å². The van der Waals surface area contributed by atoms with Crippen molar-refractivity contribution in [3.05, 3.63) is 143 Å². The number of azo groups is 2. The molecule has 0 saturated carbocycles. The summed E-state index contributed by atoms with van der Waals surface area (Å²) in [5, 5.41) is 46.6. The molecule has 0 spiro atoms. The van der Waals surface area contributed by atoms with Crippen molar-refractivity contribution in [3.63, 3.8) is 0 Å². The number of carboxylic acids is 1. The number of hydrogen-bond donors (Lipinski definition) is 9. The molecule has 0 aliphatic heterocycles. The molecule has 0 saturated heterocycles. The van der Waals surface area contributed by atoms with Crippen LogP contribution in [0.4, 0.5) is 34.1 Å². The van der Waals surface area contributed by atoms with Gasteiger partial charge in [-0.25, -0.2) is 0 Å². The summed E-state index contributed by atoms with van der Waals surface area (Å²) in [6.45, 7) is 5.87. The van der Waals surface area contributed by atoms with Crippen molar-refractivity contribution in [2.75, 3.05) is 31.1 Å². The number of Topliss-reactive ketones (excluding diaryl/α,β-unsaturated/α-hetero) is 2. The molecule has 442 valence electrons. The van der Waals surface area contributed by atoms with Crippen molar-refractivity contribution in [1.29, 1.82) is 0 Å². The van der Waals surface area contributed by atoms with E-state index in [1.807, 2.05) is 26.0 Å². The van der Waals surface area contributed by atoms with Crippen LogP contribution in [-0.2, 0) is 67.7 Å². The van der Waals surface area contributed by atoms with Crippen molar-refractivity contribution < 1.29 is 81.6 Å². The van der Waals surface area contributed by atoms with E-state index in [9.17, 15) is 81.6 Å². The molecule has 0 amide bonds. The second-order valence-corrected chi connectivity index (χ2v) is 25.4. The highest BCUT2D eigenvalue weighted by atomic mass is 32.2. The lowest BCUT2D eigenvalue weighted by atomic mass is 9.95. The van der Waals surface area contributed by atoms with Crippen LogP contribution in [0.15, 0.2) is 149 Å². The number of aliphatic carboxylic acids is 1. The molecule has 8 aromatic rings. The van der Waals surface area contributed by atoms with Gasteiger partial charge in [0.1, 0.15) is 31.0 Å². The second kappa shape index (κ2) is 23.6. The molecule has 11 N–H and O–H groups in total. The number of nitrogens with zero attached hydrogens (tertiary/aromatic N) is 5. The topological polar surface area (TPSA) is 434 Å². The Morgan fingerprint density at radius 2 is 0.729 bits per heavy atom. The monoisotopic (exact) mass is 1240 g/mol. The lowest BCUT2D eigenvalue weighted by Crippen LogP contribution is -2.39. The molecule has 0 atom stereocenters. The van der Waals surface area contributed by atoms with Crippen molar-refractivity contribution in [1.82, 2.24) is 4.90 Å². The summed E-state index contributed by atoms with van der Waals surface area (Å²) in [6.07, 6.45) is -0.121. The third-order valence-electron chi connectivity index (χ3n) is 13.8. The first-order chi connectivity index (χ1) is 39.6. The van der Waals surface area contributed by atoms with Crippen molar-refractivity contribution >= 4 is 114 Å². The SMILES string of the molecule is Cc1cc(-c2ccc(N=Nc3ccc4c(S(=O)(=O)O)cc(S(=O)(=O)O)c(N)c4c3O)c(C)c2)ccc1CC(=O)CN(CC(=O)O)CC(=O)Cc1ccc(-c2ccc(N=Nc3ccc4c(S(=O)(=O)O)cc(S(=O)(=O)O)c(N)c4c3O)c(C)c2)cc1C. The number of ketones is 2. The van der Waals surface area contributed by atoms with Gasteiger partial charge in [-0.15, -0.1) is 10.2 Å². The Labute approximate surface area is 485 Å². The Balaban J connectivity index is 0.900. The van der Waals surface area contributed by atoms with Gasteiger partial charge in [-0.1, -0.05) is 60.7 Å². The molecule has 0 fully saturated rings. The van der Waals surface area contributed by atoms with E-state index in [0.29, 0.717) is 45.8 Å². The standard InChI is InChI=1S/C56H51N7O18S4/c1-28-17-34(36-9-13-42(30(3)19-36)59-61-44-15-11-40-46(82(70,71)72)23-48(84(76,77)78)53(57)51(40)55(44)68)7-5-32(28)21-38(64)25-63(27-50(66)67)26-39(65)22-33-6-8-35(18-29(33)2)37-10-14-43(31(4)20-37)60-62-45-16-12-41-47(83(73,74)75)24-49(85(79,80)81)54(58)52(41)56(45)69/h5-20,23-24,68-69H,21-22,25-27,57-58H2,1-4H3,(H,66,67)(H,70,71,72)(H,73,74,75)(H,76,77,78)(H,79,80,81).